The predicted molar refractivity (Wildman–Crippen MR) is 195 cm³/mol. The lowest BCUT2D eigenvalue weighted by Crippen LogP contribution is -2.81. The number of piperidine rings is 1. The molecule has 3 unspecified atom stereocenters. The molecule has 6 nitrogen and oxygen atoms in total. The van der Waals surface area contributed by atoms with Gasteiger partial charge in [0.2, 0.25) is 0 Å². The summed E-state index contributed by atoms with van der Waals surface area (Å²) in [5, 5.41) is 15.5. The fraction of sp³-hybridized carbons (Fsp3) is 0.487. The lowest BCUT2D eigenvalue weighted by Gasteiger charge is -2.65. The first-order chi connectivity index (χ1) is 22.5. The lowest BCUT2D eigenvalue weighted by atomic mass is 9.47. The molecule has 5 aliphatic rings. The molecule has 0 radical (unpaired) electrons. The van der Waals surface area contributed by atoms with Crippen LogP contribution < -0.4 is 19.5 Å². The summed E-state index contributed by atoms with van der Waals surface area (Å²) in [6, 6.07) is 23.9. The van der Waals surface area contributed by atoms with Crippen molar-refractivity contribution in [1.82, 2.24) is 0 Å². The monoisotopic (exact) mass is 764 g/mol. The van der Waals surface area contributed by atoms with Gasteiger partial charge in [-0.25, -0.2) is 0 Å². The number of nitrogens with zero attached hydrogens (tertiary/aromatic N) is 1. The highest BCUT2D eigenvalue weighted by molar-refractivity contribution is 14.1. The smallest absolute Gasteiger partial charge is 0.320 e. The third kappa shape index (κ3) is 4.34. The summed E-state index contributed by atoms with van der Waals surface area (Å²) in [7, 11) is -0.644. The minimum Gasteiger partial charge on any atom is -0.531 e. The molecule has 2 aliphatic carbocycles. The molecule has 1 N–H and O–H groups in total. The van der Waals surface area contributed by atoms with Gasteiger partial charge in [-0.3, -0.25) is 0 Å². The highest BCUT2D eigenvalue weighted by atomic mass is 127. The Balaban J connectivity index is 1.37. The predicted octanol–water partition coefficient (Wildman–Crippen LogP) is 5.70. The summed E-state index contributed by atoms with van der Waals surface area (Å²) < 4.78 is 29.5. The van der Waals surface area contributed by atoms with E-state index in [9.17, 15) is 5.11 Å². The second kappa shape index (κ2) is 11.2. The van der Waals surface area contributed by atoms with Crippen LogP contribution in [0.15, 0.2) is 79.4 Å². The number of halogens is 1. The number of benzene rings is 3. The molecular formula is C39H47INO5Si+. The zero-order chi connectivity index (χ0) is 32.8. The largest absolute Gasteiger partial charge is 0.531 e. The molecule has 1 saturated carbocycles. The first kappa shape index (κ1) is 32.0. The van der Waals surface area contributed by atoms with Crippen molar-refractivity contribution in [2.45, 2.75) is 80.9 Å². The van der Waals surface area contributed by atoms with E-state index in [4.69, 9.17) is 18.6 Å². The second-order valence-electron chi connectivity index (χ2n) is 15.7. The van der Waals surface area contributed by atoms with Crippen LogP contribution in [-0.4, -0.2) is 75.3 Å². The van der Waals surface area contributed by atoms with Gasteiger partial charge in [0.15, 0.2) is 12.0 Å². The molecule has 3 fully saturated rings. The van der Waals surface area contributed by atoms with Gasteiger partial charge < -0.3 is 28.2 Å². The van der Waals surface area contributed by atoms with Crippen LogP contribution in [0.5, 0.6) is 11.5 Å². The maximum Gasteiger partial charge on any atom is 0.320 e. The molecule has 6 atom stereocenters. The second-order valence-corrected chi connectivity index (χ2v) is 21.1. The highest BCUT2D eigenvalue weighted by Gasteiger charge is 2.77. The van der Waals surface area contributed by atoms with Crippen LogP contribution in [0.3, 0.4) is 0 Å². The van der Waals surface area contributed by atoms with Crippen LogP contribution in [-0.2, 0) is 21.3 Å². The van der Waals surface area contributed by atoms with Crippen molar-refractivity contribution in [3.63, 3.8) is 0 Å². The molecule has 0 aromatic heterocycles. The molecular weight excluding hydrogens is 717 g/mol. The number of quaternary nitrogens is 1. The molecule has 8 rings (SSSR count). The van der Waals surface area contributed by atoms with Crippen LogP contribution in [0.4, 0.5) is 0 Å². The Hall–Kier alpha value is -2.21. The maximum atomic E-state index is 13.3. The van der Waals surface area contributed by atoms with Gasteiger partial charge in [-0.15, -0.1) is 0 Å². The molecule has 3 aliphatic heterocycles. The van der Waals surface area contributed by atoms with Crippen LogP contribution in [0, 0.1) is 9.49 Å². The maximum absolute atomic E-state index is 13.3. The molecule has 0 amide bonds. The van der Waals surface area contributed by atoms with Crippen LogP contribution in [0.2, 0.25) is 5.04 Å². The molecule has 47 heavy (non-hydrogen) atoms. The Morgan fingerprint density at radius 1 is 1.04 bits per heavy atom. The molecule has 1 spiro atoms. The number of aliphatic hydroxyl groups is 1. The number of likely N-dealkylation sites (N-methyl/N-ethyl adjacent to an activating group) is 1. The Kier molecular flexibility index (Phi) is 7.60. The molecule has 2 bridgehead atoms. The van der Waals surface area contributed by atoms with Gasteiger partial charge in [0.25, 0.3) is 0 Å². The average molecular weight is 765 g/mol. The molecule has 3 aromatic rings. The van der Waals surface area contributed by atoms with E-state index in [1.807, 2.05) is 6.08 Å². The Bertz CT molecular complexity index is 1650. The summed E-state index contributed by atoms with van der Waals surface area (Å²) in [6.45, 7) is 14.1. The van der Waals surface area contributed by atoms with Crippen molar-refractivity contribution in [3.8, 4) is 11.5 Å². The topological polar surface area (TPSA) is 57.2 Å². The van der Waals surface area contributed by atoms with E-state index < -0.39 is 19.3 Å². The quantitative estimate of drug-likeness (QED) is 0.145. The van der Waals surface area contributed by atoms with Crippen LogP contribution in [0.25, 0.3) is 0 Å². The van der Waals surface area contributed by atoms with Gasteiger partial charge >= 0.3 is 8.32 Å². The summed E-state index contributed by atoms with van der Waals surface area (Å²) in [5.74, 6) is 1.65. The third-order valence-corrected chi connectivity index (χ3v) is 18.3. The van der Waals surface area contributed by atoms with Gasteiger partial charge in [0.05, 0.1) is 38.8 Å². The van der Waals surface area contributed by atoms with Gasteiger partial charge in [-0.1, -0.05) is 88.0 Å². The molecule has 3 heterocycles. The van der Waals surface area contributed by atoms with E-state index in [0.717, 1.165) is 48.3 Å². The van der Waals surface area contributed by atoms with Gasteiger partial charge in [-0.2, -0.15) is 0 Å². The number of hydrogen-bond donors (Lipinski definition) is 1. The summed E-state index contributed by atoms with van der Waals surface area (Å²) in [5.41, 5.74) is 1.01. The van der Waals surface area contributed by atoms with E-state index >= 15 is 0 Å². The molecule has 3 aromatic carbocycles. The van der Waals surface area contributed by atoms with Crippen molar-refractivity contribution in [1.29, 1.82) is 0 Å². The van der Waals surface area contributed by atoms with Crippen molar-refractivity contribution in [3.05, 3.63) is 94.1 Å². The van der Waals surface area contributed by atoms with Crippen molar-refractivity contribution < 1.29 is 28.2 Å². The summed E-state index contributed by atoms with van der Waals surface area (Å²) in [6.07, 6.45) is 4.57. The van der Waals surface area contributed by atoms with Crippen LogP contribution in [0.1, 0.15) is 51.2 Å². The summed E-state index contributed by atoms with van der Waals surface area (Å²) >= 11 is 2.53. The normalized spacial score (nSPS) is 32.9. The minimum absolute atomic E-state index is 0.0198. The Morgan fingerprint density at radius 3 is 2.28 bits per heavy atom. The number of rotatable bonds is 7. The van der Waals surface area contributed by atoms with E-state index in [2.05, 4.69) is 124 Å². The van der Waals surface area contributed by atoms with Crippen molar-refractivity contribution >= 4 is 41.3 Å². The first-order valence-corrected chi connectivity index (χ1v) is 20.2. The Morgan fingerprint density at radius 2 is 1.68 bits per heavy atom. The highest BCUT2D eigenvalue weighted by Crippen LogP contribution is 2.68. The molecule has 2 saturated heterocycles. The van der Waals surface area contributed by atoms with E-state index in [0.29, 0.717) is 19.6 Å². The number of hydrogen-bond acceptors (Lipinski definition) is 5. The standard InChI is InChI=1S/C39H47INO5Si/c1-6-20-41(5)21-19-38-33-29-24-32(41)39(38,42)18-17-28(36-43-22-23-44-36)35(38)45-34(33)31(25-30(29)40)46-47(37(2,3)4,26-13-9-7-10-14-26)27-15-11-8-12-16-27/h6-16,25,28,32,35-36,42H,1,17-24H2,2-5H3/q+1/t28?,32-,35+,38+,39?,41?/m1/s1. The SMILES string of the molecule is C=CC[N+]1(C)CC[C@]23c4c5c(I)cc(O[Si](c6ccccc6)(c6ccccc6)C(C)(C)C)c4O[C@H]2C(C2OCCO2)CCC3(O)[C@H]1C5. The van der Waals surface area contributed by atoms with Crippen LogP contribution >= 0.6 is 22.6 Å². The third-order valence-electron chi connectivity index (χ3n) is 12.4. The van der Waals surface area contributed by atoms with E-state index in [1.165, 1.54) is 25.1 Å². The van der Waals surface area contributed by atoms with Crippen molar-refractivity contribution in [2.75, 3.05) is 33.4 Å². The van der Waals surface area contributed by atoms with Gasteiger partial charge in [0.1, 0.15) is 23.5 Å². The fourth-order valence-electron chi connectivity index (χ4n) is 10.4. The lowest BCUT2D eigenvalue weighted by molar-refractivity contribution is -0.944. The first-order valence-electron chi connectivity index (χ1n) is 17.2. The number of ether oxygens (including phenoxy) is 3. The Labute approximate surface area is 293 Å². The van der Waals surface area contributed by atoms with Gasteiger partial charge in [-0.05, 0) is 68.6 Å². The van der Waals surface area contributed by atoms with Gasteiger partial charge in [0, 0.05) is 27.9 Å². The zero-order valence-electron chi connectivity index (χ0n) is 28.0. The summed E-state index contributed by atoms with van der Waals surface area (Å²) in [4.78, 5) is 0. The van der Waals surface area contributed by atoms with E-state index in [1.54, 1.807) is 0 Å². The van der Waals surface area contributed by atoms with E-state index in [-0.39, 0.29) is 29.4 Å². The fourth-order valence-corrected chi connectivity index (χ4v) is 15.6. The minimum atomic E-state index is -2.96. The van der Waals surface area contributed by atoms with Crippen molar-refractivity contribution in [2.24, 2.45) is 5.92 Å². The average Bonchev–Trinajstić information content (AvgIpc) is 3.70. The number of likely N-dealkylation sites (tertiary alicyclic amines) is 1. The molecule has 8 heteroatoms. The molecule has 248 valence electrons. The zero-order valence-corrected chi connectivity index (χ0v) is 31.2.